The average molecular weight is 228 g/mol. The molecule has 1 unspecified atom stereocenters. The van der Waals surface area contributed by atoms with Crippen molar-refractivity contribution in [2.24, 2.45) is 5.92 Å². The minimum atomic E-state index is -0.649. The van der Waals surface area contributed by atoms with E-state index in [1.807, 2.05) is 13.8 Å². The molecule has 0 aliphatic carbocycles. The van der Waals surface area contributed by atoms with Gasteiger partial charge in [0.2, 0.25) is 5.91 Å². The Hall–Kier alpha value is -0.940. The van der Waals surface area contributed by atoms with Crippen molar-refractivity contribution in [3.63, 3.8) is 0 Å². The quantitative estimate of drug-likeness (QED) is 0.551. The highest BCUT2D eigenvalue weighted by Crippen LogP contribution is 2.09. The van der Waals surface area contributed by atoms with Crippen LogP contribution in [0.3, 0.4) is 0 Å². The van der Waals surface area contributed by atoms with Crippen molar-refractivity contribution in [1.82, 2.24) is 10.6 Å². The molecule has 1 aliphatic heterocycles. The Labute approximate surface area is 95.6 Å². The van der Waals surface area contributed by atoms with E-state index >= 15 is 0 Å². The first-order valence-corrected chi connectivity index (χ1v) is 5.77. The molecular formula is C11H20N2O3. The van der Waals surface area contributed by atoms with Crippen molar-refractivity contribution < 1.29 is 14.7 Å². The van der Waals surface area contributed by atoms with Crippen LogP contribution in [0, 0.1) is 5.92 Å². The fourth-order valence-electron chi connectivity index (χ4n) is 1.78. The van der Waals surface area contributed by atoms with Gasteiger partial charge in [0.25, 0.3) is 0 Å². The van der Waals surface area contributed by atoms with Crippen LogP contribution in [0.1, 0.15) is 26.7 Å². The Morgan fingerprint density at radius 3 is 2.81 bits per heavy atom. The molecule has 1 amide bonds. The third kappa shape index (κ3) is 3.02. The molecule has 1 aliphatic rings. The lowest BCUT2D eigenvalue weighted by Crippen LogP contribution is -2.51. The summed E-state index contributed by atoms with van der Waals surface area (Å²) in [7, 11) is 0. The molecule has 0 aromatic heterocycles. The summed E-state index contributed by atoms with van der Waals surface area (Å²) in [5.41, 5.74) is 0. The van der Waals surface area contributed by atoms with Gasteiger partial charge in [-0.25, -0.2) is 0 Å². The molecule has 0 spiro atoms. The van der Waals surface area contributed by atoms with Gasteiger partial charge in [0.1, 0.15) is 12.3 Å². The number of nitrogens with one attached hydrogen (secondary N) is 2. The molecule has 16 heavy (non-hydrogen) atoms. The van der Waals surface area contributed by atoms with E-state index < -0.39 is 18.2 Å². The second-order valence-electron chi connectivity index (χ2n) is 4.34. The molecule has 5 heteroatoms. The number of amides is 1. The molecule has 0 saturated carbocycles. The number of aldehydes is 1. The molecule has 0 aromatic rings. The van der Waals surface area contributed by atoms with E-state index in [1.165, 1.54) is 0 Å². The molecule has 4 atom stereocenters. The second-order valence-corrected chi connectivity index (χ2v) is 4.34. The van der Waals surface area contributed by atoms with Crippen molar-refractivity contribution in [2.75, 3.05) is 6.54 Å². The van der Waals surface area contributed by atoms with Gasteiger partial charge in [0.15, 0.2) is 0 Å². The Balaban J connectivity index is 2.51. The zero-order valence-electron chi connectivity index (χ0n) is 9.77. The molecular weight excluding hydrogens is 208 g/mol. The highest BCUT2D eigenvalue weighted by molar-refractivity contribution is 5.85. The first kappa shape index (κ1) is 13.1. The SMILES string of the molecule is CC[C@H](C)[C@@H](C=O)NC(=O)[C@H]1NCCC1O. The molecule has 0 bridgehead atoms. The summed E-state index contributed by atoms with van der Waals surface area (Å²) < 4.78 is 0. The number of hydrogen-bond donors (Lipinski definition) is 3. The lowest BCUT2D eigenvalue weighted by Gasteiger charge is -2.22. The summed E-state index contributed by atoms with van der Waals surface area (Å²) in [6, 6.07) is -1.04. The van der Waals surface area contributed by atoms with Crippen LogP contribution in [-0.4, -0.2) is 42.0 Å². The molecule has 0 aromatic carbocycles. The van der Waals surface area contributed by atoms with Crippen LogP contribution in [0.2, 0.25) is 0 Å². The highest BCUT2D eigenvalue weighted by Gasteiger charge is 2.32. The van der Waals surface area contributed by atoms with Crippen molar-refractivity contribution in [3.8, 4) is 0 Å². The summed E-state index contributed by atoms with van der Waals surface area (Å²) in [6.07, 6.45) is 1.51. The van der Waals surface area contributed by atoms with E-state index in [-0.39, 0.29) is 11.8 Å². The van der Waals surface area contributed by atoms with E-state index in [9.17, 15) is 14.7 Å². The van der Waals surface area contributed by atoms with Gasteiger partial charge in [0, 0.05) is 0 Å². The molecule has 1 saturated heterocycles. The summed E-state index contributed by atoms with van der Waals surface area (Å²) in [5.74, 6) is -0.178. The molecule has 5 nitrogen and oxygen atoms in total. The van der Waals surface area contributed by atoms with E-state index in [0.29, 0.717) is 13.0 Å². The highest BCUT2D eigenvalue weighted by atomic mass is 16.3. The Bertz CT molecular complexity index is 258. The second kappa shape index (κ2) is 5.96. The predicted octanol–water partition coefficient (Wildman–Crippen LogP) is -0.561. The maximum absolute atomic E-state index is 11.8. The Morgan fingerprint density at radius 2 is 2.38 bits per heavy atom. The summed E-state index contributed by atoms with van der Waals surface area (Å²) >= 11 is 0. The minimum absolute atomic E-state index is 0.111. The minimum Gasteiger partial charge on any atom is -0.391 e. The largest absolute Gasteiger partial charge is 0.391 e. The number of hydrogen-bond acceptors (Lipinski definition) is 4. The van der Waals surface area contributed by atoms with Gasteiger partial charge in [-0.05, 0) is 18.9 Å². The summed E-state index contributed by atoms with van der Waals surface area (Å²) in [6.45, 7) is 4.52. The van der Waals surface area contributed by atoms with Crippen LogP contribution in [0.4, 0.5) is 0 Å². The van der Waals surface area contributed by atoms with Crippen molar-refractivity contribution in [2.45, 2.75) is 44.9 Å². The summed E-state index contributed by atoms with van der Waals surface area (Å²) in [5, 5.41) is 15.1. The lowest BCUT2D eigenvalue weighted by atomic mass is 10.00. The van der Waals surface area contributed by atoms with Gasteiger partial charge in [-0.3, -0.25) is 4.79 Å². The first-order valence-electron chi connectivity index (χ1n) is 5.77. The zero-order chi connectivity index (χ0) is 12.1. The van der Waals surface area contributed by atoms with Gasteiger partial charge in [0.05, 0.1) is 12.1 Å². The van der Waals surface area contributed by atoms with Crippen LogP contribution in [0.25, 0.3) is 0 Å². The van der Waals surface area contributed by atoms with Crippen LogP contribution in [0.15, 0.2) is 0 Å². The number of aliphatic hydroxyl groups excluding tert-OH is 1. The first-order chi connectivity index (χ1) is 7.60. The molecule has 1 rings (SSSR count). The lowest BCUT2D eigenvalue weighted by molar-refractivity contribution is -0.127. The number of carbonyl (C=O) groups excluding carboxylic acids is 2. The van der Waals surface area contributed by atoms with Crippen LogP contribution in [0.5, 0.6) is 0 Å². The van der Waals surface area contributed by atoms with Crippen LogP contribution < -0.4 is 10.6 Å². The Kier molecular flexibility index (Phi) is 4.89. The van der Waals surface area contributed by atoms with Gasteiger partial charge in [-0.2, -0.15) is 0 Å². The van der Waals surface area contributed by atoms with Crippen molar-refractivity contribution in [3.05, 3.63) is 0 Å². The smallest absolute Gasteiger partial charge is 0.240 e. The van der Waals surface area contributed by atoms with E-state index in [1.54, 1.807) is 0 Å². The predicted molar refractivity (Wildman–Crippen MR) is 59.9 cm³/mol. The van der Waals surface area contributed by atoms with Crippen LogP contribution >= 0.6 is 0 Å². The van der Waals surface area contributed by atoms with Gasteiger partial charge < -0.3 is 20.5 Å². The average Bonchev–Trinajstić information content (AvgIpc) is 2.71. The molecule has 0 radical (unpaired) electrons. The number of aliphatic hydroxyl groups is 1. The molecule has 1 fully saturated rings. The van der Waals surface area contributed by atoms with Gasteiger partial charge >= 0.3 is 0 Å². The fraction of sp³-hybridized carbons (Fsp3) is 0.818. The van der Waals surface area contributed by atoms with Crippen LogP contribution in [-0.2, 0) is 9.59 Å². The number of rotatable bonds is 5. The third-order valence-corrected chi connectivity index (χ3v) is 3.18. The Morgan fingerprint density at radius 1 is 1.69 bits per heavy atom. The van der Waals surface area contributed by atoms with E-state index in [2.05, 4.69) is 10.6 Å². The van der Waals surface area contributed by atoms with E-state index in [4.69, 9.17) is 0 Å². The van der Waals surface area contributed by atoms with Crippen molar-refractivity contribution >= 4 is 12.2 Å². The van der Waals surface area contributed by atoms with E-state index in [0.717, 1.165) is 12.7 Å². The van der Waals surface area contributed by atoms with Gasteiger partial charge in [-0.1, -0.05) is 20.3 Å². The molecule has 92 valence electrons. The molecule has 1 heterocycles. The number of carbonyl (C=O) groups is 2. The summed E-state index contributed by atoms with van der Waals surface area (Å²) in [4.78, 5) is 22.6. The third-order valence-electron chi connectivity index (χ3n) is 3.18. The van der Waals surface area contributed by atoms with Crippen molar-refractivity contribution in [1.29, 1.82) is 0 Å². The standard InChI is InChI=1S/C11H20N2O3/c1-3-7(2)8(6-14)13-11(16)10-9(15)4-5-12-10/h6-10,12,15H,3-5H2,1-2H3,(H,13,16)/t7-,8+,9?,10-/m0/s1. The molecule has 3 N–H and O–H groups in total. The topological polar surface area (TPSA) is 78.4 Å². The van der Waals surface area contributed by atoms with Gasteiger partial charge in [-0.15, -0.1) is 0 Å². The maximum atomic E-state index is 11.8. The maximum Gasteiger partial charge on any atom is 0.240 e. The monoisotopic (exact) mass is 228 g/mol. The normalized spacial score (nSPS) is 28.4. The fourth-order valence-corrected chi connectivity index (χ4v) is 1.78. The zero-order valence-corrected chi connectivity index (χ0v) is 9.77.